The quantitative estimate of drug-likeness (QED) is 0.814. The molecule has 0 unspecified atom stereocenters. The fourth-order valence-corrected chi connectivity index (χ4v) is 3.26. The zero-order valence-corrected chi connectivity index (χ0v) is 14.0. The molecule has 0 aliphatic rings. The molecular formula is C14H16ClN3O4S. The van der Waals surface area contributed by atoms with Crippen LogP contribution in [-0.2, 0) is 26.9 Å². The van der Waals surface area contributed by atoms with E-state index in [1.165, 1.54) is 0 Å². The van der Waals surface area contributed by atoms with E-state index in [0.717, 1.165) is 0 Å². The van der Waals surface area contributed by atoms with E-state index in [1.807, 2.05) is 6.92 Å². The maximum absolute atomic E-state index is 12.3. The molecule has 0 saturated carbocycles. The average Bonchev–Trinajstić information content (AvgIpc) is 2.98. The molecule has 1 aromatic carbocycles. The third-order valence-corrected chi connectivity index (χ3v) is 4.69. The SMILES string of the molecule is CCCC(=O)NCc1nnc(S(=O)(=O)Cc2ccccc2Cl)o1. The first-order chi connectivity index (χ1) is 10.9. The van der Waals surface area contributed by atoms with Crippen LogP contribution in [0, 0.1) is 0 Å². The summed E-state index contributed by atoms with van der Waals surface area (Å²) in [4.78, 5) is 11.4. The second kappa shape index (κ2) is 7.56. The summed E-state index contributed by atoms with van der Waals surface area (Å²) in [6, 6.07) is 6.62. The molecule has 1 amide bonds. The highest BCUT2D eigenvalue weighted by Crippen LogP contribution is 2.21. The van der Waals surface area contributed by atoms with Gasteiger partial charge in [-0.15, -0.1) is 5.10 Å². The van der Waals surface area contributed by atoms with Crippen molar-refractivity contribution in [2.75, 3.05) is 0 Å². The van der Waals surface area contributed by atoms with Gasteiger partial charge in [0.2, 0.25) is 21.6 Å². The fourth-order valence-electron chi connectivity index (χ4n) is 1.81. The van der Waals surface area contributed by atoms with Gasteiger partial charge >= 0.3 is 5.22 Å². The van der Waals surface area contributed by atoms with Crippen LogP contribution >= 0.6 is 11.6 Å². The molecule has 0 bridgehead atoms. The van der Waals surface area contributed by atoms with E-state index in [9.17, 15) is 13.2 Å². The van der Waals surface area contributed by atoms with Crippen LogP contribution in [-0.4, -0.2) is 24.5 Å². The van der Waals surface area contributed by atoms with Crippen molar-refractivity contribution in [3.8, 4) is 0 Å². The van der Waals surface area contributed by atoms with Crippen LogP contribution in [0.5, 0.6) is 0 Å². The Morgan fingerprint density at radius 3 is 2.74 bits per heavy atom. The lowest BCUT2D eigenvalue weighted by Gasteiger charge is -2.02. The number of nitrogens with zero attached hydrogens (tertiary/aromatic N) is 2. The van der Waals surface area contributed by atoms with Crippen molar-refractivity contribution in [2.45, 2.75) is 37.3 Å². The molecule has 0 fully saturated rings. The highest BCUT2D eigenvalue weighted by Gasteiger charge is 2.24. The smallest absolute Gasteiger partial charge is 0.335 e. The number of carbonyl (C=O) groups is 1. The zero-order chi connectivity index (χ0) is 16.9. The van der Waals surface area contributed by atoms with Gasteiger partial charge in [0.25, 0.3) is 0 Å². The number of nitrogens with one attached hydrogen (secondary N) is 1. The van der Waals surface area contributed by atoms with E-state index < -0.39 is 15.1 Å². The summed E-state index contributed by atoms with van der Waals surface area (Å²) in [7, 11) is -3.80. The van der Waals surface area contributed by atoms with Crippen molar-refractivity contribution >= 4 is 27.3 Å². The Labute approximate surface area is 139 Å². The van der Waals surface area contributed by atoms with Crippen molar-refractivity contribution < 1.29 is 17.6 Å². The number of hydrogen-bond donors (Lipinski definition) is 1. The van der Waals surface area contributed by atoms with Crippen LogP contribution in [0.3, 0.4) is 0 Å². The molecule has 0 spiro atoms. The third-order valence-electron chi connectivity index (χ3n) is 2.93. The molecule has 7 nitrogen and oxygen atoms in total. The van der Waals surface area contributed by atoms with Crippen LogP contribution in [0.2, 0.25) is 5.02 Å². The number of hydrogen-bond acceptors (Lipinski definition) is 6. The number of halogens is 1. The number of carbonyl (C=O) groups excluding carboxylic acids is 1. The van der Waals surface area contributed by atoms with Gasteiger partial charge in [-0.1, -0.05) is 41.8 Å². The maximum atomic E-state index is 12.3. The second-order valence-corrected chi connectivity index (χ2v) is 7.11. The lowest BCUT2D eigenvalue weighted by atomic mass is 10.2. The van der Waals surface area contributed by atoms with E-state index in [2.05, 4.69) is 15.5 Å². The molecular weight excluding hydrogens is 342 g/mol. The van der Waals surface area contributed by atoms with E-state index in [-0.39, 0.29) is 24.1 Å². The van der Waals surface area contributed by atoms with Crippen LogP contribution in [0.25, 0.3) is 0 Å². The number of rotatable bonds is 7. The predicted molar refractivity (Wildman–Crippen MR) is 83.4 cm³/mol. The van der Waals surface area contributed by atoms with Gasteiger partial charge in [-0.3, -0.25) is 4.79 Å². The molecule has 1 N–H and O–H groups in total. The lowest BCUT2D eigenvalue weighted by molar-refractivity contribution is -0.121. The molecule has 0 aliphatic carbocycles. The van der Waals surface area contributed by atoms with Gasteiger partial charge in [-0.25, -0.2) is 8.42 Å². The first-order valence-electron chi connectivity index (χ1n) is 6.97. The van der Waals surface area contributed by atoms with Crippen molar-refractivity contribution in [1.82, 2.24) is 15.5 Å². The standard InChI is InChI=1S/C14H16ClN3O4S/c1-2-5-12(19)16-8-13-17-18-14(22-13)23(20,21)9-10-6-3-4-7-11(10)15/h3-4,6-7H,2,5,8-9H2,1H3,(H,16,19). The monoisotopic (exact) mass is 357 g/mol. The van der Waals surface area contributed by atoms with E-state index in [4.69, 9.17) is 16.0 Å². The van der Waals surface area contributed by atoms with E-state index >= 15 is 0 Å². The van der Waals surface area contributed by atoms with Gasteiger partial charge in [0, 0.05) is 11.4 Å². The molecule has 23 heavy (non-hydrogen) atoms. The third kappa shape index (κ3) is 4.77. The minimum Gasteiger partial charge on any atom is -0.411 e. The summed E-state index contributed by atoms with van der Waals surface area (Å²) in [5.74, 6) is -0.463. The van der Waals surface area contributed by atoms with Crippen molar-refractivity contribution in [3.63, 3.8) is 0 Å². The predicted octanol–water partition coefficient (Wildman–Crippen LogP) is 2.11. The summed E-state index contributed by atoms with van der Waals surface area (Å²) < 4.78 is 29.7. The minimum atomic E-state index is -3.80. The zero-order valence-electron chi connectivity index (χ0n) is 12.5. The Morgan fingerprint density at radius 1 is 1.30 bits per heavy atom. The fraction of sp³-hybridized carbons (Fsp3) is 0.357. The van der Waals surface area contributed by atoms with Crippen LogP contribution in [0.4, 0.5) is 0 Å². The summed E-state index contributed by atoms with van der Waals surface area (Å²) >= 11 is 5.96. The molecule has 0 radical (unpaired) electrons. The number of sulfone groups is 1. The Bertz CT molecular complexity index is 789. The molecule has 0 saturated heterocycles. The molecule has 0 atom stereocenters. The lowest BCUT2D eigenvalue weighted by Crippen LogP contribution is -2.22. The summed E-state index contributed by atoms with van der Waals surface area (Å²) in [5, 5.41) is 9.61. The van der Waals surface area contributed by atoms with E-state index in [0.29, 0.717) is 23.4 Å². The Morgan fingerprint density at radius 2 is 2.04 bits per heavy atom. The van der Waals surface area contributed by atoms with Gasteiger partial charge in [0.05, 0.1) is 12.3 Å². The minimum absolute atomic E-state index is 0.00650. The number of benzene rings is 1. The van der Waals surface area contributed by atoms with Crippen molar-refractivity contribution in [1.29, 1.82) is 0 Å². The summed E-state index contributed by atoms with van der Waals surface area (Å²) in [5.41, 5.74) is 0.449. The van der Waals surface area contributed by atoms with Crippen LogP contribution in [0.1, 0.15) is 31.2 Å². The van der Waals surface area contributed by atoms with Crippen molar-refractivity contribution in [2.24, 2.45) is 0 Å². The molecule has 1 aromatic heterocycles. The average molecular weight is 358 g/mol. The van der Waals surface area contributed by atoms with Gasteiger partial charge in [-0.2, -0.15) is 0 Å². The molecule has 1 heterocycles. The topological polar surface area (TPSA) is 102 Å². The highest BCUT2D eigenvalue weighted by atomic mass is 35.5. The molecule has 0 aliphatic heterocycles. The van der Waals surface area contributed by atoms with E-state index in [1.54, 1.807) is 24.3 Å². The first kappa shape index (κ1) is 17.4. The van der Waals surface area contributed by atoms with Crippen molar-refractivity contribution in [3.05, 3.63) is 40.7 Å². The molecule has 2 aromatic rings. The van der Waals surface area contributed by atoms with Gasteiger partial charge in [0.1, 0.15) is 0 Å². The highest BCUT2D eigenvalue weighted by molar-refractivity contribution is 7.90. The van der Waals surface area contributed by atoms with Crippen LogP contribution in [0.15, 0.2) is 33.9 Å². The largest absolute Gasteiger partial charge is 0.411 e. The number of aromatic nitrogens is 2. The Hall–Kier alpha value is -1.93. The van der Waals surface area contributed by atoms with Crippen LogP contribution < -0.4 is 5.32 Å². The molecule has 124 valence electrons. The molecule has 2 rings (SSSR count). The van der Waals surface area contributed by atoms with Gasteiger partial charge < -0.3 is 9.73 Å². The maximum Gasteiger partial charge on any atom is 0.335 e. The normalized spacial score (nSPS) is 11.4. The molecule has 9 heteroatoms. The van der Waals surface area contributed by atoms with Gasteiger partial charge in [-0.05, 0) is 18.1 Å². The summed E-state index contributed by atoms with van der Waals surface area (Å²) in [6.07, 6.45) is 1.10. The first-order valence-corrected chi connectivity index (χ1v) is 9.00. The Kier molecular flexibility index (Phi) is 5.73. The Balaban J connectivity index is 2.07. The number of amides is 1. The van der Waals surface area contributed by atoms with Gasteiger partial charge in [0.15, 0.2) is 0 Å². The second-order valence-electron chi connectivity index (χ2n) is 4.84. The summed E-state index contributed by atoms with van der Waals surface area (Å²) in [6.45, 7) is 1.87.